The van der Waals surface area contributed by atoms with Crippen molar-refractivity contribution in [3.63, 3.8) is 0 Å². The van der Waals surface area contributed by atoms with Gasteiger partial charge < -0.3 is 5.32 Å². The molecule has 88 valence electrons. The fourth-order valence-corrected chi connectivity index (χ4v) is 1.58. The molecule has 1 unspecified atom stereocenters. The van der Waals surface area contributed by atoms with Crippen molar-refractivity contribution >= 4 is 5.91 Å². The molecule has 0 aromatic heterocycles. The number of hydrogen-bond donors (Lipinski definition) is 1. The Labute approximate surface area is 97.1 Å². The van der Waals surface area contributed by atoms with Crippen LogP contribution in [-0.2, 0) is 0 Å². The lowest BCUT2D eigenvalue weighted by molar-refractivity contribution is 0.0936. The van der Waals surface area contributed by atoms with Crippen LogP contribution in [0.1, 0.15) is 23.2 Å². The molecular formula is C12H10F2N2O. The zero-order valence-corrected chi connectivity index (χ0v) is 8.91. The Morgan fingerprint density at radius 2 is 2.18 bits per heavy atom. The van der Waals surface area contributed by atoms with Crippen LogP contribution in [0.25, 0.3) is 0 Å². The lowest BCUT2D eigenvalue weighted by atomic mass is 10.1. The van der Waals surface area contributed by atoms with E-state index in [1.54, 1.807) is 0 Å². The lowest BCUT2D eigenvalue weighted by Gasteiger charge is -2.10. The third-order valence-electron chi connectivity index (χ3n) is 2.72. The zero-order chi connectivity index (χ0) is 12.4. The molecule has 1 aromatic carbocycles. The molecule has 0 spiro atoms. The Kier molecular flexibility index (Phi) is 3.05. The van der Waals surface area contributed by atoms with Crippen molar-refractivity contribution in [3.8, 4) is 6.07 Å². The van der Waals surface area contributed by atoms with E-state index < -0.39 is 23.6 Å². The SMILES string of the molecule is N#CC(NC(=O)c1cccc(F)c1F)C1CC1. The third kappa shape index (κ3) is 2.41. The number of carbonyl (C=O) groups excluding carboxylic acids is 1. The summed E-state index contributed by atoms with van der Waals surface area (Å²) in [6.07, 6.45) is 1.76. The minimum absolute atomic E-state index is 0.139. The molecule has 1 aliphatic rings. The quantitative estimate of drug-likeness (QED) is 0.872. The Hall–Kier alpha value is -1.96. The van der Waals surface area contributed by atoms with Crippen molar-refractivity contribution in [2.75, 3.05) is 0 Å². The van der Waals surface area contributed by atoms with Gasteiger partial charge in [-0.3, -0.25) is 4.79 Å². The predicted octanol–water partition coefficient (Wildman–Crippen LogP) is 2.00. The van der Waals surface area contributed by atoms with Crippen LogP contribution < -0.4 is 5.32 Å². The van der Waals surface area contributed by atoms with Gasteiger partial charge in [0.05, 0.1) is 11.6 Å². The molecule has 0 radical (unpaired) electrons. The van der Waals surface area contributed by atoms with Gasteiger partial charge in [-0.25, -0.2) is 8.78 Å². The highest BCUT2D eigenvalue weighted by atomic mass is 19.2. The second-order valence-electron chi connectivity index (χ2n) is 4.02. The normalized spacial score (nSPS) is 16.1. The van der Waals surface area contributed by atoms with Gasteiger partial charge >= 0.3 is 0 Å². The fourth-order valence-electron chi connectivity index (χ4n) is 1.58. The minimum Gasteiger partial charge on any atom is -0.336 e. The van der Waals surface area contributed by atoms with Gasteiger partial charge in [-0.2, -0.15) is 5.26 Å². The van der Waals surface area contributed by atoms with Crippen molar-refractivity contribution in [2.45, 2.75) is 18.9 Å². The molecule has 0 saturated heterocycles. The number of rotatable bonds is 3. The third-order valence-corrected chi connectivity index (χ3v) is 2.72. The monoisotopic (exact) mass is 236 g/mol. The van der Waals surface area contributed by atoms with E-state index >= 15 is 0 Å². The average molecular weight is 236 g/mol. The number of nitrogens with one attached hydrogen (secondary N) is 1. The van der Waals surface area contributed by atoms with Crippen molar-refractivity contribution in [1.82, 2.24) is 5.32 Å². The van der Waals surface area contributed by atoms with E-state index in [4.69, 9.17) is 5.26 Å². The molecule has 3 nitrogen and oxygen atoms in total. The summed E-state index contributed by atoms with van der Waals surface area (Å²) in [5, 5.41) is 11.2. The molecule has 0 bridgehead atoms. The van der Waals surface area contributed by atoms with E-state index in [1.807, 2.05) is 6.07 Å². The summed E-state index contributed by atoms with van der Waals surface area (Å²) in [4.78, 5) is 11.7. The maximum atomic E-state index is 13.3. The highest BCUT2D eigenvalue weighted by Gasteiger charge is 2.33. The highest BCUT2D eigenvalue weighted by Crippen LogP contribution is 2.32. The van der Waals surface area contributed by atoms with Gasteiger partial charge in [0.2, 0.25) is 0 Å². The fraction of sp³-hybridized carbons (Fsp3) is 0.333. The molecule has 1 amide bonds. The number of nitriles is 1. The molecule has 2 rings (SSSR count). The molecule has 0 aliphatic heterocycles. The van der Waals surface area contributed by atoms with Crippen molar-refractivity contribution in [3.05, 3.63) is 35.4 Å². The summed E-state index contributed by atoms with van der Waals surface area (Å²) >= 11 is 0. The molecule has 5 heteroatoms. The molecule has 1 aromatic rings. The van der Waals surface area contributed by atoms with Gasteiger partial charge in [-0.05, 0) is 30.9 Å². The van der Waals surface area contributed by atoms with Crippen LogP contribution in [0.3, 0.4) is 0 Å². The second kappa shape index (κ2) is 4.50. The van der Waals surface area contributed by atoms with Gasteiger partial charge in [-0.1, -0.05) is 6.07 Å². The van der Waals surface area contributed by atoms with Gasteiger partial charge in [0.1, 0.15) is 6.04 Å². The molecule has 1 saturated carbocycles. The van der Waals surface area contributed by atoms with Crippen molar-refractivity contribution in [1.29, 1.82) is 5.26 Å². The lowest BCUT2D eigenvalue weighted by Crippen LogP contribution is -2.35. The summed E-state index contributed by atoms with van der Waals surface area (Å²) in [5.74, 6) is -2.86. The molecular weight excluding hydrogens is 226 g/mol. The molecule has 1 N–H and O–H groups in total. The maximum absolute atomic E-state index is 13.3. The zero-order valence-electron chi connectivity index (χ0n) is 8.91. The summed E-state index contributed by atoms with van der Waals surface area (Å²) < 4.78 is 26.2. The van der Waals surface area contributed by atoms with Crippen LogP contribution in [0.2, 0.25) is 0 Å². The van der Waals surface area contributed by atoms with Crippen LogP contribution in [0.4, 0.5) is 8.78 Å². The van der Waals surface area contributed by atoms with Gasteiger partial charge in [-0.15, -0.1) is 0 Å². The Bertz CT molecular complexity index is 492. The molecule has 1 aliphatic carbocycles. The van der Waals surface area contributed by atoms with E-state index in [0.29, 0.717) is 0 Å². The van der Waals surface area contributed by atoms with Crippen molar-refractivity contribution < 1.29 is 13.6 Å². The van der Waals surface area contributed by atoms with Gasteiger partial charge in [0.15, 0.2) is 11.6 Å². The topological polar surface area (TPSA) is 52.9 Å². The number of nitrogens with zero attached hydrogens (tertiary/aromatic N) is 1. The molecule has 1 atom stereocenters. The van der Waals surface area contributed by atoms with Crippen LogP contribution in [0.15, 0.2) is 18.2 Å². The first-order valence-corrected chi connectivity index (χ1v) is 5.28. The Balaban J connectivity index is 2.14. The standard InChI is InChI=1S/C12H10F2N2O/c13-9-3-1-2-8(11(9)14)12(17)16-10(6-15)7-4-5-7/h1-3,7,10H,4-5H2,(H,16,17). The van der Waals surface area contributed by atoms with Gasteiger partial charge in [0.25, 0.3) is 5.91 Å². The molecule has 1 fully saturated rings. The molecule has 17 heavy (non-hydrogen) atoms. The summed E-state index contributed by atoms with van der Waals surface area (Å²) in [5.41, 5.74) is -0.370. The van der Waals surface area contributed by atoms with Crippen LogP contribution >= 0.6 is 0 Å². The largest absolute Gasteiger partial charge is 0.336 e. The summed E-state index contributed by atoms with van der Waals surface area (Å²) in [6.45, 7) is 0. The van der Waals surface area contributed by atoms with E-state index in [9.17, 15) is 13.6 Å². The maximum Gasteiger partial charge on any atom is 0.255 e. The molecule has 0 heterocycles. The number of hydrogen-bond acceptors (Lipinski definition) is 2. The Morgan fingerprint density at radius 3 is 2.76 bits per heavy atom. The predicted molar refractivity (Wildman–Crippen MR) is 55.9 cm³/mol. The first-order valence-electron chi connectivity index (χ1n) is 5.28. The minimum atomic E-state index is -1.18. The number of carbonyl (C=O) groups is 1. The smallest absolute Gasteiger partial charge is 0.255 e. The van der Waals surface area contributed by atoms with Crippen LogP contribution in [0.5, 0.6) is 0 Å². The second-order valence-corrected chi connectivity index (χ2v) is 4.02. The average Bonchev–Trinajstić information content (AvgIpc) is 3.13. The number of halogens is 2. The van der Waals surface area contributed by atoms with E-state index in [1.165, 1.54) is 12.1 Å². The highest BCUT2D eigenvalue weighted by molar-refractivity contribution is 5.94. The summed E-state index contributed by atoms with van der Waals surface area (Å²) in [6, 6.07) is 4.71. The van der Waals surface area contributed by atoms with Crippen LogP contribution in [0, 0.1) is 28.9 Å². The van der Waals surface area contributed by atoms with Crippen molar-refractivity contribution in [2.24, 2.45) is 5.92 Å². The van der Waals surface area contributed by atoms with E-state index in [-0.39, 0.29) is 11.5 Å². The van der Waals surface area contributed by atoms with Gasteiger partial charge in [0, 0.05) is 0 Å². The number of benzene rings is 1. The van der Waals surface area contributed by atoms with E-state index in [2.05, 4.69) is 5.32 Å². The summed E-state index contributed by atoms with van der Waals surface area (Å²) in [7, 11) is 0. The van der Waals surface area contributed by atoms with Crippen LogP contribution in [-0.4, -0.2) is 11.9 Å². The first-order chi connectivity index (χ1) is 8.13. The number of amides is 1. The van der Waals surface area contributed by atoms with E-state index in [0.717, 1.165) is 18.9 Å². The Morgan fingerprint density at radius 1 is 1.47 bits per heavy atom. The first kappa shape index (κ1) is 11.5.